The van der Waals surface area contributed by atoms with Crippen LogP contribution >= 0.6 is 34.8 Å². The average Bonchev–Trinajstić information content (AvgIpc) is 2.91. The molecule has 7 nitrogen and oxygen atoms in total. The van der Waals surface area contributed by atoms with Crippen molar-refractivity contribution in [3.8, 4) is 0 Å². The van der Waals surface area contributed by atoms with Gasteiger partial charge in [0.05, 0.1) is 15.6 Å². The van der Waals surface area contributed by atoms with E-state index in [9.17, 15) is 18.0 Å². The monoisotopic (exact) mass is 609 g/mol. The fraction of sp³-hybridized carbons (Fsp3) is 0.286. The first-order valence-corrected chi connectivity index (χ1v) is 14.9. The number of benzene rings is 3. The zero-order valence-electron chi connectivity index (χ0n) is 21.8. The Morgan fingerprint density at radius 2 is 1.62 bits per heavy atom. The van der Waals surface area contributed by atoms with Gasteiger partial charge in [-0.05, 0) is 62.2 Å². The van der Waals surface area contributed by atoms with Crippen molar-refractivity contribution >= 4 is 62.3 Å². The summed E-state index contributed by atoms with van der Waals surface area (Å²) in [5, 5.41) is 3.54. The predicted molar refractivity (Wildman–Crippen MR) is 157 cm³/mol. The van der Waals surface area contributed by atoms with Crippen LogP contribution in [0.3, 0.4) is 0 Å². The van der Waals surface area contributed by atoms with Crippen molar-refractivity contribution in [3.05, 3.63) is 92.9 Å². The Labute approximate surface area is 244 Å². The molecular weight excluding hydrogens is 581 g/mol. The number of anilines is 1. The van der Waals surface area contributed by atoms with Crippen molar-refractivity contribution in [2.75, 3.05) is 17.4 Å². The largest absolute Gasteiger partial charge is 0.354 e. The summed E-state index contributed by atoms with van der Waals surface area (Å²) in [6, 6.07) is 16.7. The minimum absolute atomic E-state index is 0.0130. The van der Waals surface area contributed by atoms with Crippen LogP contribution in [-0.2, 0) is 26.2 Å². The fourth-order valence-corrected chi connectivity index (χ4v) is 5.87. The molecule has 11 heteroatoms. The van der Waals surface area contributed by atoms with Crippen molar-refractivity contribution < 1.29 is 18.0 Å². The van der Waals surface area contributed by atoms with Gasteiger partial charge in [0.2, 0.25) is 11.8 Å². The standard InChI is InChI=1S/C28H30Cl3N3O4S/c1-4-15-32-28(36)20(3)33(17-21-7-5-6-8-24(21)30)27(35)18-34(26-16-22(29)11-14-25(26)31)39(37,38)23-12-9-19(2)10-13-23/h5-14,16,20H,4,15,17-18H2,1-3H3,(H,32,36)/t20-/m0/s1. The first kappa shape index (κ1) is 30.8. The minimum atomic E-state index is -4.26. The number of carbonyl (C=O) groups is 2. The Morgan fingerprint density at radius 3 is 2.26 bits per heavy atom. The molecule has 0 spiro atoms. The number of nitrogens with one attached hydrogen (secondary N) is 1. The smallest absolute Gasteiger partial charge is 0.264 e. The molecule has 0 bridgehead atoms. The minimum Gasteiger partial charge on any atom is -0.354 e. The van der Waals surface area contributed by atoms with E-state index in [1.165, 1.54) is 35.2 Å². The second-order valence-electron chi connectivity index (χ2n) is 9.00. The number of amides is 2. The van der Waals surface area contributed by atoms with Gasteiger partial charge in [-0.25, -0.2) is 8.42 Å². The molecule has 1 atom stereocenters. The normalized spacial score (nSPS) is 12.1. The third-order valence-corrected chi connectivity index (χ3v) is 8.78. The molecule has 0 saturated carbocycles. The molecule has 0 heterocycles. The summed E-state index contributed by atoms with van der Waals surface area (Å²) >= 11 is 19.0. The molecule has 0 radical (unpaired) electrons. The summed E-state index contributed by atoms with van der Waals surface area (Å²) in [5.41, 5.74) is 1.52. The lowest BCUT2D eigenvalue weighted by molar-refractivity contribution is -0.139. The lowest BCUT2D eigenvalue weighted by Crippen LogP contribution is -2.51. The van der Waals surface area contributed by atoms with E-state index in [0.29, 0.717) is 23.6 Å². The van der Waals surface area contributed by atoms with Gasteiger partial charge in [-0.1, -0.05) is 77.6 Å². The van der Waals surface area contributed by atoms with E-state index in [2.05, 4.69) is 5.32 Å². The number of sulfonamides is 1. The van der Waals surface area contributed by atoms with E-state index >= 15 is 0 Å². The first-order chi connectivity index (χ1) is 18.4. The molecule has 208 valence electrons. The number of hydrogen-bond acceptors (Lipinski definition) is 4. The lowest BCUT2D eigenvalue weighted by Gasteiger charge is -2.32. The maximum absolute atomic E-state index is 13.9. The highest BCUT2D eigenvalue weighted by Crippen LogP contribution is 2.33. The molecule has 39 heavy (non-hydrogen) atoms. The Balaban J connectivity index is 2.07. The van der Waals surface area contributed by atoms with Crippen molar-refractivity contribution in [2.45, 2.75) is 44.7 Å². The third-order valence-electron chi connectivity index (χ3n) is 6.08. The van der Waals surface area contributed by atoms with Gasteiger partial charge in [0, 0.05) is 23.1 Å². The number of hydrogen-bond donors (Lipinski definition) is 1. The van der Waals surface area contributed by atoms with E-state index in [-0.39, 0.29) is 33.1 Å². The number of nitrogens with zero attached hydrogens (tertiary/aromatic N) is 2. The molecule has 0 fully saturated rings. The Bertz CT molecular complexity index is 1430. The summed E-state index contributed by atoms with van der Waals surface area (Å²) in [5.74, 6) is -0.994. The lowest BCUT2D eigenvalue weighted by atomic mass is 10.1. The second kappa shape index (κ2) is 13.5. The van der Waals surface area contributed by atoms with Gasteiger partial charge in [-0.2, -0.15) is 0 Å². The van der Waals surface area contributed by atoms with E-state index in [4.69, 9.17) is 34.8 Å². The molecule has 2 amide bonds. The van der Waals surface area contributed by atoms with Gasteiger partial charge in [0.25, 0.3) is 10.0 Å². The van der Waals surface area contributed by atoms with Crippen LogP contribution in [0.4, 0.5) is 5.69 Å². The summed E-state index contributed by atoms with van der Waals surface area (Å²) in [7, 11) is -4.26. The van der Waals surface area contributed by atoms with Gasteiger partial charge in [0.1, 0.15) is 12.6 Å². The van der Waals surface area contributed by atoms with Gasteiger partial charge in [0.15, 0.2) is 0 Å². The summed E-state index contributed by atoms with van der Waals surface area (Å²) in [6.45, 7) is 5.13. The van der Waals surface area contributed by atoms with Crippen molar-refractivity contribution in [2.24, 2.45) is 0 Å². The quantitative estimate of drug-likeness (QED) is 0.285. The van der Waals surface area contributed by atoms with Crippen LogP contribution in [0.5, 0.6) is 0 Å². The molecule has 0 aliphatic rings. The van der Waals surface area contributed by atoms with Crippen LogP contribution in [-0.4, -0.2) is 44.3 Å². The van der Waals surface area contributed by atoms with E-state index < -0.39 is 28.5 Å². The highest BCUT2D eigenvalue weighted by atomic mass is 35.5. The van der Waals surface area contributed by atoms with E-state index in [1.54, 1.807) is 43.3 Å². The number of carbonyl (C=O) groups excluding carboxylic acids is 2. The third kappa shape index (κ3) is 7.66. The van der Waals surface area contributed by atoms with Crippen molar-refractivity contribution in [1.82, 2.24) is 10.2 Å². The van der Waals surface area contributed by atoms with Crippen molar-refractivity contribution in [3.63, 3.8) is 0 Å². The molecule has 0 aliphatic heterocycles. The van der Waals surface area contributed by atoms with Crippen LogP contribution in [0.2, 0.25) is 15.1 Å². The molecule has 0 aliphatic carbocycles. The Hall–Kier alpha value is -2.78. The number of halogens is 3. The molecule has 1 N–H and O–H groups in total. The zero-order valence-corrected chi connectivity index (χ0v) is 24.9. The fourth-order valence-electron chi connectivity index (χ4n) is 3.82. The van der Waals surface area contributed by atoms with E-state index in [1.807, 2.05) is 13.8 Å². The van der Waals surface area contributed by atoms with Gasteiger partial charge >= 0.3 is 0 Å². The van der Waals surface area contributed by atoms with Crippen molar-refractivity contribution in [1.29, 1.82) is 0 Å². The van der Waals surface area contributed by atoms with Gasteiger partial charge in [-0.3, -0.25) is 13.9 Å². The summed E-state index contributed by atoms with van der Waals surface area (Å²) < 4.78 is 28.7. The van der Waals surface area contributed by atoms with Crippen LogP contribution < -0.4 is 9.62 Å². The Kier molecular flexibility index (Phi) is 10.7. The molecule has 0 unspecified atom stereocenters. The van der Waals surface area contributed by atoms with Crippen LogP contribution in [0.1, 0.15) is 31.4 Å². The van der Waals surface area contributed by atoms with Gasteiger partial charge in [-0.15, -0.1) is 0 Å². The molecule has 3 aromatic rings. The zero-order chi connectivity index (χ0) is 28.7. The highest BCUT2D eigenvalue weighted by Gasteiger charge is 2.33. The van der Waals surface area contributed by atoms with Crippen LogP contribution in [0.25, 0.3) is 0 Å². The predicted octanol–water partition coefficient (Wildman–Crippen LogP) is 6.09. The topological polar surface area (TPSA) is 86.8 Å². The second-order valence-corrected chi connectivity index (χ2v) is 12.1. The molecule has 0 saturated heterocycles. The van der Waals surface area contributed by atoms with Crippen LogP contribution in [0.15, 0.2) is 71.6 Å². The number of rotatable bonds is 11. The molecule has 0 aromatic heterocycles. The highest BCUT2D eigenvalue weighted by molar-refractivity contribution is 7.92. The molecular formula is C28H30Cl3N3O4S. The molecule has 3 aromatic carbocycles. The van der Waals surface area contributed by atoms with Gasteiger partial charge < -0.3 is 10.2 Å². The molecule has 3 rings (SSSR count). The maximum Gasteiger partial charge on any atom is 0.264 e. The SMILES string of the molecule is CCCNC(=O)[C@H](C)N(Cc1ccccc1Cl)C(=O)CN(c1cc(Cl)ccc1Cl)S(=O)(=O)c1ccc(C)cc1. The Morgan fingerprint density at radius 1 is 0.949 bits per heavy atom. The maximum atomic E-state index is 13.9. The number of aryl methyl sites for hydroxylation is 1. The summed E-state index contributed by atoms with van der Waals surface area (Å²) in [6.07, 6.45) is 0.715. The average molecular weight is 611 g/mol. The first-order valence-electron chi connectivity index (χ1n) is 12.3. The van der Waals surface area contributed by atoms with Crippen LogP contribution in [0, 0.1) is 6.92 Å². The van der Waals surface area contributed by atoms with E-state index in [0.717, 1.165) is 9.87 Å². The summed E-state index contributed by atoms with van der Waals surface area (Å²) in [4.78, 5) is 28.1.